The van der Waals surface area contributed by atoms with Crippen molar-refractivity contribution in [1.82, 2.24) is 20.2 Å². The van der Waals surface area contributed by atoms with Gasteiger partial charge in [-0.05, 0) is 30.7 Å². The highest BCUT2D eigenvalue weighted by Gasteiger charge is 2.35. The molecule has 106 valence electrons. The van der Waals surface area contributed by atoms with Crippen LogP contribution in [0.2, 0.25) is 0 Å². The third-order valence-corrected chi connectivity index (χ3v) is 5.05. The molecule has 1 saturated heterocycles. The van der Waals surface area contributed by atoms with Gasteiger partial charge in [-0.3, -0.25) is 4.79 Å². The van der Waals surface area contributed by atoms with Gasteiger partial charge in [-0.15, -0.1) is 5.10 Å². The molecule has 8 nitrogen and oxygen atoms in total. The van der Waals surface area contributed by atoms with Crippen LogP contribution in [0.25, 0.3) is 0 Å². The van der Waals surface area contributed by atoms with E-state index in [-0.39, 0.29) is 24.0 Å². The number of hydrogen-bond acceptors (Lipinski definition) is 6. The maximum Gasteiger partial charge on any atom is 0.310 e. The number of tetrazole rings is 1. The third-order valence-electron chi connectivity index (χ3n) is 3.28. The summed E-state index contributed by atoms with van der Waals surface area (Å²) in [4.78, 5) is 11.1. The first kappa shape index (κ1) is 13.9. The first-order valence-electron chi connectivity index (χ1n) is 5.91. The third kappa shape index (κ3) is 2.91. The van der Waals surface area contributed by atoms with E-state index in [9.17, 15) is 13.2 Å². The summed E-state index contributed by atoms with van der Waals surface area (Å²) in [6, 6.07) is 0. The highest BCUT2D eigenvalue weighted by atomic mass is 32.2. The molecule has 0 aliphatic carbocycles. The van der Waals surface area contributed by atoms with Crippen LogP contribution in [0, 0.1) is 5.41 Å². The van der Waals surface area contributed by atoms with Crippen LogP contribution in [0.5, 0.6) is 0 Å². The Morgan fingerprint density at radius 1 is 1.53 bits per heavy atom. The molecular formula is C10H16N4O4S. The zero-order valence-corrected chi connectivity index (χ0v) is 11.6. The van der Waals surface area contributed by atoms with E-state index in [0.717, 1.165) is 0 Å². The minimum Gasteiger partial charge on any atom is -0.481 e. The summed E-state index contributed by atoms with van der Waals surface area (Å²) in [5.74, 6) is -0.582. The molecule has 0 bridgehead atoms. The van der Waals surface area contributed by atoms with Crippen molar-refractivity contribution in [3.63, 3.8) is 0 Å². The average Bonchev–Trinajstić information content (AvgIpc) is 2.84. The summed E-state index contributed by atoms with van der Waals surface area (Å²) in [7, 11) is -3.02. The van der Waals surface area contributed by atoms with Crippen LogP contribution in [-0.2, 0) is 21.2 Å². The number of aliphatic carboxylic acids is 1. The van der Waals surface area contributed by atoms with E-state index in [4.69, 9.17) is 5.11 Å². The van der Waals surface area contributed by atoms with Crippen LogP contribution in [0.4, 0.5) is 0 Å². The van der Waals surface area contributed by atoms with Crippen molar-refractivity contribution in [2.24, 2.45) is 5.41 Å². The molecule has 0 saturated carbocycles. The van der Waals surface area contributed by atoms with Crippen LogP contribution in [0.1, 0.15) is 32.0 Å². The van der Waals surface area contributed by atoms with Crippen molar-refractivity contribution in [3.05, 3.63) is 5.82 Å². The Bertz CT molecular complexity index is 592. The number of carboxylic acid groups (broad SMARTS) is 1. The van der Waals surface area contributed by atoms with Crippen LogP contribution in [0.15, 0.2) is 0 Å². The summed E-state index contributed by atoms with van der Waals surface area (Å²) >= 11 is 0. The Hall–Kier alpha value is -1.51. The molecule has 2 heterocycles. The van der Waals surface area contributed by atoms with Crippen molar-refractivity contribution >= 4 is 15.8 Å². The molecule has 0 aromatic carbocycles. The summed E-state index contributed by atoms with van der Waals surface area (Å²) in [5.41, 5.74) is -1.01. The molecule has 1 aromatic rings. The quantitative estimate of drug-likeness (QED) is 0.807. The molecule has 0 amide bonds. The van der Waals surface area contributed by atoms with Crippen LogP contribution in [0.3, 0.4) is 0 Å². The highest BCUT2D eigenvalue weighted by Crippen LogP contribution is 2.28. The SMILES string of the molecule is CC(C)(Cn1nnnc1C1CCS(=O)(=O)C1)C(=O)O. The minimum absolute atomic E-state index is 0.0286. The summed E-state index contributed by atoms with van der Waals surface area (Å²) < 4.78 is 24.3. The maximum absolute atomic E-state index is 11.5. The zero-order chi connectivity index (χ0) is 14.3. The Kier molecular flexibility index (Phi) is 3.33. The summed E-state index contributed by atoms with van der Waals surface area (Å²) in [5, 5.41) is 20.3. The van der Waals surface area contributed by atoms with Crippen LogP contribution in [-0.4, -0.2) is 51.2 Å². The number of nitrogens with zero attached hydrogens (tertiary/aromatic N) is 4. The first-order chi connectivity index (χ1) is 8.71. The molecule has 1 aliphatic rings. The Morgan fingerprint density at radius 2 is 2.21 bits per heavy atom. The van der Waals surface area contributed by atoms with Gasteiger partial charge in [-0.2, -0.15) is 0 Å². The predicted molar refractivity (Wildman–Crippen MR) is 65.2 cm³/mol. The lowest BCUT2D eigenvalue weighted by molar-refractivity contribution is -0.147. The number of hydrogen-bond donors (Lipinski definition) is 1. The molecule has 1 fully saturated rings. The van der Waals surface area contributed by atoms with E-state index < -0.39 is 21.2 Å². The fraction of sp³-hybridized carbons (Fsp3) is 0.800. The van der Waals surface area contributed by atoms with E-state index in [0.29, 0.717) is 12.2 Å². The second-order valence-electron chi connectivity index (χ2n) is 5.48. The van der Waals surface area contributed by atoms with Gasteiger partial charge in [0.1, 0.15) is 0 Å². The monoisotopic (exact) mass is 288 g/mol. The molecule has 19 heavy (non-hydrogen) atoms. The Morgan fingerprint density at radius 3 is 2.74 bits per heavy atom. The summed E-state index contributed by atoms with van der Waals surface area (Å²) in [6.45, 7) is 3.26. The van der Waals surface area contributed by atoms with Gasteiger partial charge < -0.3 is 5.11 Å². The Labute approximate surface area is 110 Å². The molecule has 0 spiro atoms. The second kappa shape index (κ2) is 4.55. The number of carbonyl (C=O) groups is 1. The molecule has 1 atom stereocenters. The maximum atomic E-state index is 11.5. The molecule has 1 unspecified atom stereocenters. The van der Waals surface area contributed by atoms with Gasteiger partial charge in [0.05, 0.1) is 23.5 Å². The molecule has 9 heteroatoms. The van der Waals surface area contributed by atoms with Gasteiger partial charge in [-0.1, -0.05) is 0 Å². The van der Waals surface area contributed by atoms with Crippen molar-refractivity contribution in [3.8, 4) is 0 Å². The number of carboxylic acids is 1. The lowest BCUT2D eigenvalue weighted by atomic mass is 9.94. The molecule has 1 aliphatic heterocycles. The van der Waals surface area contributed by atoms with Crippen LogP contribution < -0.4 is 0 Å². The topological polar surface area (TPSA) is 115 Å². The van der Waals surface area contributed by atoms with Crippen LogP contribution >= 0.6 is 0 Å². The van der Waals surface area contributed by atoms with E-state index in [1.54, 1.807) is 13.8 Å². The normalized spacial score (nSPS) is 22.5. The highest BCUT2D eigenvalue weighted by molar-refractivity contribution is 7.91. The van der Waals surface area contributed by atoms with E-state index in [2.05, 4.69) is 15.5 Å². The average molecular weight is 288 g/mol. The first-order valence-corrected chi connectivity index (χ1v) is 7.73. The fourth-order valence-corrected chi connectivity index (χ4v) is 3.80. The zero-order valence-electron chi connectivity index (χ0n) is 10.8. The minimum atomic E-state index is -3.02. The van der Waals surface area contributed by atoms with Crippen molar-refractivity contribution in [2.75, 3.05) is 11.5 Å². The lowest BCUT2D eigenvalue weighted by Crippen LogP contribution is -2.31. The molecule has 1 aromatic heterocycles. The van der Waals surface area contributed by atoms with Crippen molar-refractivity contribution in [2.45, 2.75) is 32.7 Å². The molecule has 0 radical (unpaired) electrons. The van der Waals surface area contributed by atoms with Gasteiger partial charge in [-0.25, -0.2) is 13.1 Å². The largest absolute Gasteiger partial charge is 0.481 e. The standard InChI is InChI=1S/C10H16N4O4S/c1-10(2,9(15)16)6-14-8(11-12-13-14)7-3-4-19(17,18)5-7/h7H,3-6H2,1-2H3,(H,15,16). The predicted octanol–water partition coefficient (Wildman–Crippen LogP) is -0.314. The molecule has 2 rings (SSSR count). The van der Waals surface area contributed by atoms with Gasteiger partial charge in [0.2, 0.25) is 0 Å². The van der Waals surface area contributed by atoms with Gasteiger partial charge in [0.15, 0.2) is 15.7 Å². The molecular weight excluding hydrogens is 272 g/mol. The second-order valence-corrected chi connectivity index (χ2v) is 7.71. The molecule has 1 N–H and O–H groups in total. The van der Waals surface area contributed by atoms with Crippen molar-refractivity contribution in [1.29, 1.82) is 0 Å². The van der Waals surface area contributed by atoms with Gasteiger partial charge in [0.25, 0.3) is 0 Å². The van der Waals surface area contributed by atoms with E-state index in [1.165, 1.54) is 4.68 Å². The Balaban J connectivity index is 2.22. The number of sulfone groups is 1. The smallest absolute Gasteiger partial charge is 0.310 e. The number of aromatic nitrogens is 4. The number of rotatable bonds is 4. The van der Waals surface area contributed by atoms with Gasteiger partial charge in [0, 0.05) is 5.92 Å². The summed E-state index contributed by atoms with van der Waals surface area (Å²) in [6.07, 6.45) is 0.482. The van der Waals surface area contributed by atoms with Crippen molar-refractivity contribution < 1.29 is 18.3 Å². The van der Waals surface area contributed by atoms with E-state index >= 15 is 0 Å². The fourth-order valence-electron chi connectivity index (χ4n) is 2.06. The lowest BCUT2D eigenvalue weighted by Gasteiger charge is -2.20. The van der Waals surface area contributed by atoms with Gasteiger partial charge >= 0.3 is 5.97 Å². The van der Waals surface area contributed by atoms with E-state index in [1.807, 2.05) is 0 Å².